The summed E-state index contributed by atoms with van der Waals surface area (Å²) < 4.78 is 6.23. The second kappa shape index (κ2) is 7.00. The zero-order valence-corrected chi connectivity index (χ0v) is 15.2. The maximum atomic E-state index is 11.7. The molecule has 5 nitrogen and oxygen atoms in total. The van der Waals surface area contributed by atoms with Crippen LogP contribution in [-0.4, -0.2) is 16.7 Å². The highest BCUT2D eigenvalue weighted by molar-refractivity contribution is 9.10. The minimum atomic E-state index is -0.530. The summed E-state index contributed by atoms with van der Waals surface area (Å²) >= 11 is 3.44. The van der Waals surface area contributed by atoms with Crippen LogP contribution < -0.4 is 10.6 Å². The number of carbonyl (C=O) groups excluding carboxylic acids is 1. The van der Waals surface area contributed by atoms with Gasteiger partial charge >= 0.3 is 6.09 Å². The molecule has 1 amide bonds. The highest BCUT2D eigenvalue weighted by atomic mass is 79.9. The third-order valence-electron chi connectivity index (χ3n) is 2.86. The molecule has 2 N–H and O–H groups in total. The molecule has 2 rings (SSSR count). The number of nitrogens with one attached hydrogen (secondary N) is 2. The first-order chi connectivity index (χ1) is 10.7. The number of anilines is 3. The molecule has 0 unspecified atom stereocenters. The number of pyridine rings is 1. The van der Waals surface area contributed by atoms with Crippen molar-refractivity contribution in [3.63, 3.8) is 0 Å². The summed E-state index contributed by atoms with van der Waals surface area (Å²) in [6.45, 7) is 7.47. The normalized spacial score (nSPS) is 11.0. The van der Waals surface area contributed by atoms with Gasteiger partial charge in [0.1, 0.15) is 11.4 Å². The number of halogens is 1. The van der Waals surface area contributed by atoms with Crippen molar-refractivity contribution in [3.8, 4) is 0 Å². The topological polar surface area (TPSA) is 63.2 Å². The fourth-order valence-electron chi connectivity index (χ4n) is 1.87. The number of aryl methyl sites for hydroxylation is 1. The number of benzene rings is 1. The predicted molar refractivity (Wildman–Crippen MR) is 96.3 cm³/mol. The predicted octanol–water partition coefficient (Wildman–Crippen LogP) is 5.24. The van der Waals surface area contributed by atoms with Gasteiger partial charge in [-0.1, -0.05) is 15.9 Å². The summed E-state index contributed by atoms with van der Waals surface area (Å²) in [5.41, 5.74) is 2.14. The minimum absolute atomic E-state index is 0.497. The molecule has 1 heterocycles. The number of nitrogens with zero attached hydrogens (tertiary/aromatic N) is 1. The highest BCUT2D eigenvalue weighted by Gasteiger charge is 2.16. The Morgan fingerprint density at radius 2 is 1.96 bits per heavy atom. The molecule has 0 saturated heterocycles. The Hall–Kier alpha value is -2.08. The first kappa shape index (κ1) is 17.3. The van der Waals surface area contributed by atoms with E-state index in [0.717, 1.165) is 15.7 Å². The van der Waals surface area contributed by atoms with E-state index in [-0.39, 0.29) is 0 Å². The van der Waals surface area contributed by atoms with Crippen LogP contribution in [0.5, 0.6) is 0 Å². The van der Waals surface area contributed by atoms with E-state index in [1.54, 1.807) is 18.3 Å². The van der Waals surface area contributed by atoms with Gasteiger partial charge in [0.25, 0.3) is 0 Å². The van der Waals surface area contributed by atoms with Crippen molar-refractivity contribution in [1.82, 2.24) is 4.98 Å². The molecule has 0 fully saturated rings. The van der Waals surface area contributed by atoms with E-state index in [1.165, 1.54) is 0 Å². The second-order valence-corrected chi connectivity index (χ2v) is 7.06. The average Bonchev–Trinajstić information content (AvgIpc) is 2.42. The summed E-state index contributed by atoms with van der Waals surface area (Å²) in [5.74, 6) is 0.699. The Bertz CT molecular complexity index is 694. The number of amides is 1. The molecule has 122 valence electrons. The summed E-state index contributed by atoms with van der Waals surface area (Å²) in [5, 5.41) is 5.89. The van der Waals surface area contributed by atoms with Gasteiger partial charge in [-0.05, 0) is 63.6 Å². The zero-order valence-electron chi connectivity index (χ0n) is 13.6. The number of carbonyl (C=O) groups is 1. The summed E-state index contributed by atoms with van der Waals surface area (Å²) in [4.78, 5) is 16.0. The van der Waals surface area contributed by atoms with Crippen LogP contribution in [0.25, 0.3) is 0 Å². The van der Waals surface area contributed by atoms with Gasteiger partial charge in [-0.25, -0.2) is 9.78 Å². The van der Waals surface area contributed by atoms with Gasteiger partial charge in [-0.3, -0.25) is 5.32 Å². The first-order valence-electron chi connectivity index (χ1n) is 7.22. The number of hydrogen-bond acceptors (Lipinski definition) is 4. The van der Waals surface area contributed by atoms with E-state index in [0.29, 0.717) is 11.5 Å². The SMILES string of the molecule is Cc1cc(Br)ccc1Nc1ccc(NC(=O)OC(C)(C)C)cn1. The fraction of sp³-hybridized carbons (Fsp3) is 0.294. The van der Waals surface area contributed by atoms with E-state index in [2.05, 4.69) is 31.5 Å². The van der Waals surface area contributed by atoms with Crippen LogP contribution in [0.4, 0.5) is 22.0 Å². The third-order valence-corrected chi connectivity index (χ3v) is 3.35. The van der Waals surface area contributed by atoms with Crippen LogP contribution in [0.15, 0.2) is 41.0 Å². The standard InChI is InChI=1S/C17H20BrN3O2/c1-11-9-12(18)5-7-14(11)21-15-8-6-13(10-19-15)20-16(22)23-17(2,3)4/h5-10H,1-4H3,(H,19,21)(H,20,22). The lowest BCUT2D eigenvalue weighted by Crippen LogP contribution is -2.27. The van der Waals surface area contributed by atoms with Crippen LogP contribution in [-0.2, 0) is 4.74 Å². The molecule has 0 aliphatic heterocycles. The molecule has 0 saturated carbocycles. The summed E-state index contributed by atoms with van der Waals surface area (Å²) in [6, 6.07) is 9.55. The molecule has 2 aromatic rings. The molecule has 1 aromatic heterocycles. The lowest BCUT2D eigenvalue weighted by Gasteiger charge is -2.19. The highest BCUT2D eigenvalue weighted by Crippen LogP contribution is 2.23. The van der Waals surface area contributed by atoms with Crippen molar-refractivity contribution in [2.75, 3.05) is 10.6 Å². The fourth-order valence-corrected chi connectivity index (χ4v) is 2.34. The van der Waals surface area contributed by atoms with Crippen LogP contribution in [0.2, 0.25) is 0 Å². The second-order valence-electron chi connectivity index (χ2n) is 6.14. The van der Waals surface area contributed by atoms with Crippen molar-refractivity contribution in [1.29, 1.82) is 0 Å². The number of ether oxygens (including phenoxy) is 1. The molecule has 23 heavy (non-hydrogen) atoms. The van der Waals surface area contributed by atoms with E-state index in [4.69, 9.17) is 4.74 Å². The van der Waals surface area contributed by atoms with Crippen molar-refractivity contribution in [3.05, 3.63) is 46.6 Å². The average molecular weight is 378 g/mol. The van der Waals surface area contributed by atoms with E-state index in [1.807, 2.05) is 45.9 Å². The van der Waals surface area contributed by atoms with Gasteiger partial charge in [0.2, 0.25) is 0 Å². The zero-order chi connectivity index (χ0) is 17.0. The number of aromatic nitrogens is 1. The van der Waals surface area contributed by atoms with Gasteiger partial charge in [0, 0.05) is 10.2 Å². The molecular formula is C17H20BrN3O2. The molecular weight excluding hydrogens is 358 g/mol. The first-order valence-corrected chi connectivity index (χ1v) is 8.01. The smallest absolute Gasteiger partial charge is 0.412 e. The summed E-state index contributed by atoms with van der Waals surface area (Å²) in [6.07, 6.45) is 1.09. The maximum Gasteiger partial charge on any atom is 0.412 e. The van der Waals surface area contributed by atoms with E-state index < -0.39 is 11.7 Å². The molecule has 0 radical (unpaired) electrons. The lowest BCUT2D eigenvalue weighted by molar-refractivity contribution is 0.0636. The Labute approximate surface area is 144 Å². The van der Waals surface area contributed by atoms with Crippen molar-refractivity contribution >= 4 is 39.2 Å². The van der Waals surface area contributed by atoms with Gasteiger partial charge < -0.3 is 10.1 Å². The minimum Gasteiger partial charge on any atom is -0.444 e. The van der Waals surface area contributed by atoms with Crippen molar-refractivity contribution < 1.29 is 9.53 Å². The molecule has 0 atom stereocenters. The van der Waals surface area contributed by atoms with Gasteiger partial charge in [-0.15, -0.1) is 0 Å². The molecule has 6 heteroatoms. The van der Waals surface area contributed by atoms with Gasteiger partial charge in [0.15, 0.2) is 0 Å². The third kappa shape index (κ3) is 5.56. The Balaban J connectivity index is 2.01. The largest absolute Gasteiger partial charge is 0.444 e. The molecule has 0 spiro atoms. The maximum absolute atomic E-state index is 11.7. The van der Waals surface area contributed by atoms with Crippen LogP contribution in [0.3, 0.4) is 0 Å². The molecule has 0 aliphatic carbocycles. The molecule has 0 aliphatic rings. The number of hydrogen-bond donors (Lipinski definition) is 2. The van der Waals surface area contributed by atoms with Crippen LogP contribution >= 0.6 is 15.9 Å². The lowest BCUT2D eigenvalue weighted by atomic mass is 10.2. The Morgan fingerprint density at radius 3 is 2.52 bits per heavy atom. The van der Waals surface area contributed by atoms with Gasteiger partial charge in [0.05, 0.1) is 11.9 Å². The van der Waals surface area contributed by atoms with Gasteiger partial charge in [-0.2, -0.15) is 0 Å². The Morgan fingerprint density at radius 1 is 1.22 bits per heavy atom. The molecule has 1 aromatic carbocycles. The van der Waals surface area contributed by atoms with Crippen molar-refractivity contribution in [2.24, 2.45) is 0 Å². The van der Waals surface area contributed by atoms with E-state index >= 15 is 0 Å². The molecule has 0 bridgehead atoms. The number of rotatable bonds is 3. The van der Waals surface area contributed by atoms with Crippen LogP contribution in [0.1, 0.15) is 26.3 Å². The monoisotopic (exact) mass is 377 g/mol. The summed E-state index contributed by atoms with van der Waals surface area (Å²) in [7, 11) is 0. The van der Waals surface area contributed by atoms with E-state index in [9.17, 15) is 4.79 Å². The van der Waals surface area contributed by atoms with Crippen molar-refractivity contribution in [2.45, 2.75) is 33.3 Å². The van der Waals surface area contributed by atoms with Crippen LogP contribution in [0, 0.1) is 6.92 Å². The Kier molecular flexibility index (Phi) is 5.26. The quantitative estimate of drug-likeness (QED) is 0.767.